The number of carboxylic acid groups (broad SMARTS) is 1. The van der Waals surface area contributed by atoms with Crippen LogP contribution in [0.4, 0.5) is 0 Å². The predicted octanol–water partition coefficient (Wildman–Crippen LogP) is 2.36. The van der Waals surface area contributed by atoms with Crippen molar-refractivity contribution < 1.29 is 19.4 Å². The Morgan fingerprint density at radius 2 is 1.88 bits per heavy atom. The third-order valence-electron chi connectivity index (χ3n) is 4.43. The van der Waals surface area contributed by atoms with Gasteiger partial charge in [-0.1, -0.05) is 18.2 Å². The number of dihydropyridines is 1. The SMILES string of the molecule is COC(=O)C1=C(C)NC(C)=C(C(=O)O)C1c1ccccc1-n1ccnc1. The molecule has 2 heterocycles. The first-order chi connectivity index (χ1) is 12.5. The monoisotopic (exact) mass is 353 g/mol. The van der Waals surface area contributed by atoms with Crippen LogP contribution < -0.4 is 5.32 Å². The molecule has 7 heteroatoms. The van der Waals surface area contributed by atoms with Crippen LogP contribution in [0.1, 0.15) is 25.3 Å². The zero-order valence-corrected chi connectivity index (χ0v) is 14.7. The number of para-hydroxylation sites is 1. The Labute approximate surface area is 150 Å². The van der Waals surface area contributed by atoms with E-state index in [9.17, 15) is 14.7 Å². The Kier molecular flexibility index (Phi) is 4.62. The number of hydrogen-bond acceptors (Lipinski definition) is 5. The third kappa shape index (κ3) is 2.88. The summed E-state index contributed by atoms with van der Waals surface area (Å²) in [5.74, 6) is -2.42. The van der Waals surface area contributed by atoms with Gasteiger partial charge < -0.3 is 19.7 Å². The van der Waals surface area contributed by atoms with Crippen molar-refractivity contribution in [2.75, 3.05) is 7.11 Å². The van der Waals surface area contributed by atoms with Crippen molar-refractivity contribution in [1.82, 2.24) is 14.9 Å². The lowest BCUT2D eigenvalue weighted by atomic mass is 9.79. The molecular formula is C19H19N3O4. The highest BCUT2D eigenvalue weighted by molar-refractivity contribution is 5.99. The van der Waals surface area contributed by atoms with E-state index in [0.29, 0.717) is 17.0 Å². The molecule has 1 aliphatic heterocycles. The Morgan fingerprint density at radius 1 is 1.19 bits per heavy atom. The topological polar surface area (TPSA) is 93.5 Å². The summed E-state index contributed by atoms with van der Waals surface area (Å²) < 4.78 is 6.72. The molecule has 0 bridgehead atoms. The molecule has 0 saturated carbocycles. The molecule has 0 aliphatic carbocycles. The maximum Gasteiger partial charge on any atom is 0.336 e. The second kappa shape index (κ2) is 6.87. The van der Waals surface area contributed by atoms with Gasteiger partial charge in [0.1, 0.15) is 0 Å². The largest absolute Gasteiger partial charge is 0.478 e. The van der Waals surface area contributed by atoms with Crippen LogP contribution in [0.15, 0.2) is 65.5 Å². The molecule has 1 aliphatic rings. The molecule has 3 rings (SSSR count). The van der Waals surface area contributed by atoms with Gasteiger partial charge in [0.05, 0.1) is 36.2 Å². The number of carbonyl (C=O) groups is 2. The van der Waals surface area contributed by atoms with Crippen molar-refractivity contribution in [2.45, 2.75) is 19.8 Å². The number of aromatic nitrogens is 2. The van der Waals surface area contributed by atoms with E-state index >= 15 is 0 Å². The quantitative estimate of drug-likeness (QED) is 0.820. The number of allylic oxidation sites excluding steroid dienone is 2. The first-order valence-corrected chi connectivity index (χ1v) is 8.03. The van der Waals surface area contributed by atoms with Crippen LogP contribution in [0.2, 0.25) is 0 Å². The molecule has 7 nitrogen and oxygen atoms in total. The van der Waals surface area contributed by atoms with Crippen molar-refractivity contribution >= 4 is 11.9 Å². The van der Waals surface area contributed by atoms with Gasteiger partial charge in [-0.15, -0.1) is 0 Å². The highest BCUT2D eigenvalue weighted by atomic mass is 16.5. The second-order valence-electron chi connectivity index (χ2n) is 5.96. The average Bonchev–Trinajstić information content (AvgIpc) is 3.14. The number of carboxylic acids is 1. The first kappa shape index (κ1) is 17.5. The Morgan fingerprint density at radius 3 is 2.50 bits per heavy atom. The van der Waals surface area contributed by atoms with Gasteiger partial charge in [-0.25, -0.2) is 14.6 Å². The average molecular weight is 353 g/mol. The number of nitrogens with zero attached hydrogens (tertiary/aromatic N) is 2. The summed E-state index contributed by atoms with van der Waals surface area (Å²) in [4.78, 5) is 28.6. The normalized spacial score (nSPS) is 17.1. The Balaban J connectivity index is 2.29. The maximum atomic E-state index is 12.5. The van der Waals surface area contributed by atoms with Gasteiger partial charge in [0.2, 0.25) is 0 Å². The number of rotatable bonds is 4. The molecule has 1 unspecified atom stereocenters. The molecule has 1 aromatic heterocycles. The van der Waals surface area contributed by atoms with E-state index in [1.165, 1.54) is 7.11 Å². The number of aliphatic carboxylic acids is 1. The lowest BCUT2D eigenvalue weighted by Gasteiger charge is -2.30. The zero-order valence-electron chi connectivity index (χ0n) is 14.7. The first-order valence-electron chi connectivity index (χ1n) is 8.03. The second-order valence-corrected chi connectivity index (χ2v) is 5.96. The van der Waals surface area contributed by atoms with Crippen molar-refractivity contribution in [3.63, 3.8) is 0 Å². The minimum atomic E-state index is -1.09. The Bertz CT molecular complexity index is 926. The van der Waals surface area contributed by atoms with Crippen LogP contribution in [0.5, 0.6) is 0 Å². The van der Waals surface area contributed by atoms with Gasteiger partial charge in [-0.2, -0.15) is 0 Å². The van der Waals surface area contributed by atoms with Crippen molar-refractivity contribution in [2.24, 2.45) is 0 Å². The molecule has 0 radical (unpaired) electrons. The van der Waals surface area contributed by atoms with Crippen LogP contribution in [0.3, 0.4) is 0 Å². The van der Waals surface area contributed by atoms with E-state index in [0.717, 1.165) is 5.69 Å². The summed E-state index contributed by atoms with van der Waals surface area (Å²) in [6.07, 6.45) is 5.04. The number of esters is 1. The smallest absolute Gasteiger partial charge is 0.336 e. The van der Waals surface area contributed by atoms with E-state index < -0.39 is 17.9 Å². The summed E-state index contributed by atoms with van der Waals surface area (Å²) in [6, 6.07) is 7.35. The highest BCUT2D eigenvalue weighted by Crippen LogP contribution is 2.40. The number of imidazole rings is 1. The number of hydrogen-bond donors (Lipinski definition) is 2. The molecule has 2 N–H and O–H groups in total. The standard InChI is InChI=1S/C19H19N3O4/c1-11-15(18(23)24)17(16(12(2)21-11)19(25)26-3)13-6-4-5-7-14(13)22-9-8-20-10-22/h4-10,17,21H,1-3H3,(H,23,24). The summed E-state index contributed by atoms with van der Waals surface area (Å²) in [5.41, 5.74) is 2.89. The lowest BCUT2D eigenvalue weighted by molar-refractivity contribution is -0.136. The minimum Gasteiger partial charge on any atom is -0.478 e. The van der Waals surface area contributed by atoms with Gasteiger partial charge in [0.15, 0.2) is 0 Å². The van der Waals surface area contributed by atoms with Crippen LogP contribution in [-0.4, -0.2) is 33.7 Å². The van der Waals surface area contributed by atoms with Gasteiger partial charge in [-0.3, -0.25) is 0 Å². The summed E-state index contributed by atoms with van der Waals surface area (Å²) in [7, 11) is 1.28. The Hall–Kier alpha value is -3.35. The zero-order chi connectivity index (χ0) is 18.8. The van der Waals surface area contributed by atoms with Crippen molar-refractivity contribution in [3.8, 4) is 5.69 Å². The van der Waals surface area contributed by atoms with Crippen LogP contribution in [-0.2, 0) is 14.3 Å². The minimum absolute atomic E-state index is 0.114. The molecule has 134 valence electrons. The third-order valence-corrected chi connectivity index (χ3v) is 4.43. The molecule has 0 saturated heterocycles. The summed E-state index contributed by atoms with van der Waals surface area (Å²) >= 11 is 0. The molecule has 1 atom stereocenters. The van der Waals surface area contributed by atoms with E-state index in [-0.39, 0.29) is 11.1 Å². The van der Waals surface area contributed by atoms with Gasteiger partial charge >= 0.3 is 11.9 Å². The molecule has 0 amide bonds. The van der Waals surface area contributed by atoms with Crippen LogP contribution in [0, 0.1) is 0 Å². The predicted molar refractivity (Wildman–Crippen MR) is 94.5 cm³/mol. The fraction of sp³-hybridized carbons (Fsp3) is 0.211. The number of ether oxygens (including phenoxy) is 1. The fourth-order valence-electron chi connectivity index (χ4n) is 3.34. The number of nitrogens with one attached hydrogen (secondary N) is 1. The van der Waals surface area contributed by atoms with E-state index in [2.05, 4.69) is 10.3 Å². The molecule has 26 heavy (non-hydrogen) atoms. The molecule has 2 aromatic rings. The van der Waals surface area contributed by atoms with Gasteiger partial charge in [-0.05, 0) is 25.5 Å². The van der Waals surface area contributed by atoms with Crippen LogP contribution >= 0.6 is 0 Å². The summed E-state index contributed by atoms with van der Waals surface area (Å²) in [5, 5.41) is 12.8. The van der Waals surface area contributed by atoms with Gasteiger partial charge in [0, 0.05) is 23.8 Å². The molecule has 1 aromatic carbocycles. The van der Waals surface area contributed by atoms with Crippen molar-refractivity contribution in [1.29, 1.82) is 0 Å². The lowest BCUT2D eigenvalue weighted by Crippen LogP contribution is -2.32. The van der Waals surface area contributed by atoms with Crippen LogP contribution in [0.25, 0.3) is 5.69 Å². The van der Waals surface area contributed by atoms with Gasteiger partial charge in [0.25, 0.3) is 0 Å². The number of carbonyl (C=O) groups excluding carboxylic acids is 1. The molecular weight excluding hydrogens is 334 g/mol. The summed E-state index contributed by atoms with van der Waals surface area (Å²) in [6.45, 7) is 3.43. The van der Waals surface area contributed by atoms with E-state index in [4.69, 9.17) is 4.74 Å². The molecule has 0 spiro atoms. The highest BCUT2D eigenvalue weighted by Gasteiger charge is 2.38. The van der Waals surface area contributed by atoms with Crippen molar-refractivity contribution in [3.05, 3.63) is 71.1 Å². The van der Waals surface area contributed by atoms with E-state index in [1.54, 1.807) is 37.1 Å². The fourth-order valence-corrected chi connectivity index (χ4v) is 3.34. The number of methoxy groups -OCH3 is 1. The van der Waals surface area contributed by atoms with E-state index in [1.807, 2.05) is 24.3 Å². The molecule has 0 fully saturated rings. The number of benzene rings is 1. The maximum absolute atomic E-state index is 12.5.